The van der Waals surface area contributed by atoms with Crippen molar-refractivity contribution in [2.24, 2.45) is 0 Å². The topological polar surface area (TPSA) is 87.7 Å². The summed E-state index contributed by atoms with van der Waals surface area (Å²) in [4.78, 5) is 3.01. The molecular formula is C15H12N4O2S. The zero-order valence-corrected chi connectivity index (χ0v) is 12.3. The highest BCUT2D eigenvalue weighted by atomic mass is 32.2. The van der Waals surface area contributed by atoms with Crippen molar-refractivity contribution in [3.63, 3.8) is 0 Å². The first-order valence-corrected chi connectivity index (χ1v) is 7.57. The van der Waals surface area contributed by atoms with E-state index in [4.69, 9.17) is 14.4 Å². The van der Waals surface area contributed by atoms with Gasteiger partial charge in [-0.15, -0.1) is 10.2 Å². The third kappa shape index (κ3) is 3.48. The Labute approximate surface area is 131 Å². The van der Waals surface area contributed by atoms with Gasteiger partial charge in [0.15, 0.2) is 0 Å². The Kier molecular flexibility index (Phi) is 4.41. The number of aromatic amines is 1. The lowest BCUT2D eigenvalue weighted by Crippen LogP contribution is -2.00. The molecule has 3 rings (SSSR count). The average Bonchev–Trinajstić information content (AvgIpc) is 3.23. The van der Waals surface area contributed by atoms with E-state index in [1.807, 2.05) is 18.2 Å². The van der Waals surface area contributed by atoms with Crippen LogP contribution in [0.1, 0.15) is 5.56 Å². The molecule has 0 aliphatic rings. The van der Waals surface area contributed by atoms with E-state index in [-0.39, 0.29) is 0 Å². The monoisotopic (exact) mass is 312 g/mol. The van der Waals surface area contributed by atoms with E-state index in [1.54, 1.807) is 24.4 Å². The quantitative estimate of drug-likeness (QED) is 0.556. The van der Waals surface area contributed by atoms with Gasteiger partial charge < -0.3 is 14.1 Å². The number of nitrogens with zero attached hydrogens (tertiary/aromatic N) is 3. The van der Waals surface area contributed by atoms with E-state index in [1.165, 1.54) is 11.8 Å². The molecule has 2 aromatic heterocycles. The van der Waals surface area contributed by atoms with Crippen molar-refractivity contribution in [1.82, 2.24) is 15.2 Å². The second-order valence-corrected chi connectivity index (χ2v) is 5.34. The third-order valence-electron chi connectivity index (χ3n) is 2.78. The number of rotatable bonds is 6. The molecule has 0 amide bonds. The number of hydrogen-bond donors (Lipinski definition) is 1. The van der Waals surface area contributed by atoms with E-state index >= 15 is 0 Å². The highest BCUT2D eigenvalue weighted by Crippen LogP contribution is 2.22. The summed E-state index contributed by atoms with van der Waals surface area (Å²) in [5, 5.41) is 17.3. The van der Waals surface area contributed by atoms with Gasteiger partial charge in [-0.05, 0) is 30.3 Å². The van der Waals surface area contributed by atoms with Crippen LogP contribution in [-0.4, -0.2) is 27.5 Å². The lowest BCUT2D eigenvalue weighted by Gasteiger charge is -2.04. The van der Waals surface area contributed by atoms with Gasteiger partial charge in [0, 0.05) is 11.9 Å². The second-order valence-electron chi connectivity index (χ2n) is 4.29. The lowest BCUT2D eigenvalue weighted by atomic mass is 10.2. The Balaban J connectivity index is 1.48. The normalized spacial score (nSPS) is 10.3. The molecule has 0 saturated heterocycles. The first-order valence-electron chi connectivity index (χ1n) is 6.58. The summed E-state index contributed by atoms with van der Waals surface area (Å²) in [6.45, 7) is 0.486. The maximum atomic E-state index is 8.82. The van der Waals surface area contributed by atoms with Crippen LogP contribution in [0.25, 0.3) is 11.6 Å². The Morgan fingerprint density at radius 3 is 3.05 bits per heavy atom. The predicted octanol–water partition coefficient (Wildman–Crippen LogP) is 3.11. The molecule has 22 heavy (non-hydrogen) atoms. The van der Waals surface area contributed by atoms with E-state index in [9.17, 15) is 0 Å². The molecule has 1 aromatic carbocycles. The molecule has 0 unspecified atom stereocenters. The maximum absolute atomic E-state index is 8.82. The van der Waals surface area contributed by atoms with Gasteiger partial charge in [0.05, 0.1) is 18.2 Å². The summed E-state index contributed by atoms with van der Waals surface area (Å²) in [5.41, 5.74) is 1.38. The fourth-order valence-corrected chi connectivity index (χ4v) is 2.36. The molecule has 0 atom stereocenters. The van der Waals surface area contributed by atoms with Gasteiger partial charge in [0.2, 0.25) is 0 Å². The number of benzene rings is 1. The molecule has 0 bridgehead atoms. The molecule has 0 spiro atoms. The second kappa shape index (κ2) is 6.83. The Hall–Kier alpha value is -2.72. The van der Waals surface area contributed by atoms with Crippen molar-refractivity contribution >= 4 is 11.8 Å². The van der Waals surface area contributed by atoms with E-state index in [2.05, 4.69) is 21.3 Å². The molecular weight excluding hydrogens is 300 g/mol. The fraction of sp³-hybridized carbons (Fsp3) is 0.133. The van der Waals surface area contributed by atoms with Crippen LogP contribution in [0.4, 0.5) is 0 Å². The van der Waals surface area contributed by atoms with Gasteiger partial charge in [-0.2, -0.15) is 5.26 Å². The van der Waals surface area contributed by atoms with Gasteiger partial charge in [0.25, 0.3) is 11.1 Å². The zero-order chi connectivity index (χ0) is 15.2. The van der Waals surface area contributed by atoms with Crippen molar-refractivity contribution in [2.45, 2.75) is 5.22 Å². The molecule has 0 fully saturated rings. The van der Waals surface area contributed by atoms with Crippen LogP contribution in [0, 0.1) is 11.3 Å². The third-order valence-corrected chi connectivity index (χ3v) is 3.56. The number of nitrogens with one attached hydrogen (secondary N) is 1. The van der Waals surface area contributed by atoms with Crippen molar-refractivity contribution in [2.75, 3.05) is 12.4 Å². The molecule has 6 nitrogen and oxygen atoms in total. The highest BCUT2D eigenvalue weighted by molar-refractivity contribution is 7.99. The van der Waals surface area contributed by atoms with Gasteiger partial charge in [-0.3, -0.25) is 0 Å². The maximum Gasteiger partial charge on any atom is 0.277 e. The SMILES string of the molecule is N#Cc1cccc(OCCSc2nnc(-c3ccc[nH]3)o2)c1. The van der Waals surface area contributed by atoms with Crippen LogP contribution in [0.3, 0.4) is 0 Å². The van der Waals surface area contributed by atoms with E-state index in [0.717, 1.165) is 5.69 Å². The number of nitriles is 1. The molecule has 0 radical (unpaired) electrons. The number of thioether (sulfide) groups is 1. The summed E-state index contributed by atoms with van der Waals surface area (Å²) in [7, 11) is 0. The summed E-state index contributed by atoms with van der Waals surface area (Å²) < 4.78 is 11.1. The van der Waals surface area contributed by atoms with Crippen LogP contribution >= 0.6 is 11.8 Å². The minimum atomic E-state index is 0.468. The molecule has 0 aliphatic heterocycles. The minimum absolute atomic E-state index is 0.468. The molecule has 0 aliphatic carbocycles. The minimum Gasteiger partial charge on any atom is -0.493 e. The van der Waals surface area contributed by atoms with Crippen LogP contribution in [-0.2, 0) is 0 Å². The van der Waals surface area contributed by atoms with Gasteiger partial charge >= 0.3 is 0 Å². The Morgan fingerprint density at radius 1 is 1.27 bits per heavy atom. The van der Waals surface area contributed by atoms with E-state index < -0.39 is 0 Å². The van der Waals surface area contributed by atoms with Crippen LogP contribution in [0.15, 0.2) is 52.2 Å². The van der Waals surface area contributed by atoms with Crippen molar-refractivity contribution in [3.8, 4) is 23.4 Å². The highest BCUT2D eigenvalue weighted by Gasteiger charge is 2.09. The standard InChI is InChI=1S/C15H12N4O2S/c16-10-11-3-1-4-12(9-11)20-7-8-22-15-19-18-14(21-15)13-5-2-6-17-13/h1-6,9,17H,7-8H2. The molecule has 2 heterocycles. The molecule has 0 saturated carbocycles. The largest absolute Gasteiger partial charge is 0.493 e. The molecule has 1 N–H and O–H groups in total. The first kappa shape index (κ1) is 14.2. The summed E-state index contributed by atoms with van der Waals surface area (Å²) in [5.74, 6) is 1.82. The predicted molar refractivity (Wildman–Crippen MR) is 81.5 cm³/mol. The first-order chi connectivity index (χ1) is 10.8. The van der Waals surface area contributed by atoms with Gasteiger partial charge in [-0.25, -0.2) is 0 Å². The van der Waals surface area contributed by atoms with Gasteiger partial charge in [-0.1, -0.05) is 17.8 Å². The molecule has 3 aromatic rings. The fourth-order valence-electron chi connectivity index (χ4n) is 1.78. The summed E-state index contributed by atoms with van der Waals surface area (Å²) >= 11 is 1.42. The Bertz CT molecular complexity index is 777. The average molecular weight is 312 g/mol. The lowest BCUT2D eigenvalue weighted by molar-refractivity contribution is 0.343. The number of H-pyrrole nitrogens is 1. The van der Waals surface area contributed by atoms with Crippen LogP contribution in [0.5, 0.6) is 5.75 Å². The van der Waals surface area contributed by atoms with Crippen molar-refractivity contribution in [3.05, 3.63) is 48.2 Å². The number of aromatic nitrogens is 3. The molecule has 110 valence electrons. The zero-order valence-electron chi connectivity index (χ0n) is 11.5. The van der Waals surface area contributed by atoms with Gasteiger partial charge in [0.1, 0.15) is 11.4 Å². The Morgan fingerprint density at radius 2 is 2.23 bits per heavy atom. The van der Waals surface area contributed by atoms with Crippen LogP contribution in [0.2, 0.25) is 0 Å². The van der Waals surface area contributed by atoms with Crippen molar-refractivity contribution in [1.29, 1.82) is 5.26 Å². The van der Waals surface area contributed by atoms with Crippen LogP contribution < -0.4 is 4.74 Å². The number of hydrogen-bond acceptors (Lipinski definition) is 6. The smallest absolute Gasteiger partial charge is 0.277 e. The van der Waals surface area contributed by atoms with E-state index in [0.29, 0.717) is 34.8 Å². The summed E-state index contributed by atoms with van der Waals surface area (Å²) in [6, 6.07) is 12.9. The summed E-state index contributed by atoms with van der Waals surface area (Å²) in [6.07, 6.45) is 1.80. The molecule has 7 heteroatoms. The number of ether oxygens (including phenoxy) is 1. The van der Waals surface area contributed by atoms with Crippen molar-refractivity contribution < 1.29 is 9.15 Å².